The van der Waals surface area contributed by atoms with Gasteiger partial charge in [0.2, 0.25) is 5.91 Å². The molecule has 188 valence electrons. The van der Waals surface area contributed by atoms with E-state index >= 15 is 0 Å². The number of amides is 2. The Morgan fingerprint density at radius 2 is 1.48 bits per heavy atom. The third-order valence-electron chi connectivity index (χ3n) is 5.05. The second-order valence-corrected chi connectivity index (χ2v) is 8.99. The van der Waals surface area contributed by atoms with Crippen LogP contribution in [0.2, 0.25) is 0 Å². The van der Waals surface area contributed by atoms with Gasteiger partial charge in [-0.1, -0.05) is 13.3 Å². The molecule has 0 bridgehead atoms. The Kier molecular flexibility index (Phi) is 9.77. The molecule has 11 heteroatoms. The van der Waals surface area contributed by atoms with Crippen LogP contribution < -0.4 is 10.6 Å². The molecule has 0 aliphatic carbocycles. The van der Waals surface area contributed by atoms with E-state index in [-0.39, 0.29) is 36.5 Å². The maximum absolute atomic E-state index is 13.0. The van der Waals surface area contributed by atoms with Crippen LogP contribution in [0, 0.1) is 5.92 Å². The highest BCUT2D eigenvalue weighted by Crippen LogP contribution is 2.36. The minimum atomic E-state index is -5.03. The monoisotopic (exact) mass is 483 g/mol. The van der Waals surface area contributed by atoms with Gasteiger partial charge in [-0.15, -0.1) is 0 Å². The van der Waals surface area contributed by atoms with Crippen molar-refractivity contribution >= 4 is 11.8 Å². The van der Waals surface area contributed by atoms with Crippen LogP contribution in [0.15, 0.2) is 18.2 Å². The van der Waals surface area contributed by atoms with Crippen LogP contribution in [-0.2, 0) is 17.1 Å². The quantitative estimate of drug-likeness (QED) is 0.500. The van der Waals surface area contributed by atoms with Crippen LogP contribution in [-0.4, -0.2) is 48.9 Å². The summed E-state index contributed by atoms with van der Waals surface area (Å²) in [6, 6.07) is 0.785. The molecule has 0 radical (unpaired) electrons. The molecule has 1 aromatic rings. The number of nitrogens with zero attached hydrogens (tertiary/aromatic N) is 1. The Morgan fingerprint density at radius 1 is 0.970 bits per heavy atom. The predicted molar refractivity (Wildman–Crippen MR) is 113 cm³/mol. The van der Waals surface area contributed by atoms with E-state index in [4.69, 9.17) is 0 Å². The van der Waals surface area contributed by atoms with Crippen LogP contribution >= 0.6 is 0 Å². The van der Waals surface area contributed by atoms with Gasteiger partial charge >= 0.3 is 12.4 Å². The van der Waals surface area contributed by atoms with Gasteiger partial charge in [-0.2, -0.15) is 26.3 Å². The van der Waals surface area contributed by atoms with Gasteiger partial charge in [0, 0.05) is 31.2 Å². The molecule has 0 heterocycles. The molecule has 0 saturated carbocycles. The van der Waals surface area contributed by atoms with Crippen LogP contribution in [0.5, 0.6) is 0 Å². The third kappa shape index (κ3) is 10.0. The summed E-state index contributed by atoms with van der Waals surface area (Å²) >= 11 is 0. The lowest BCUT2D eigenvalue weighted by Crippen LogP contribution is -2.44. The molecule has 0 fully saturated rings. The van der Waals surface area contributed by atoms with Crippen molar-refractivity contribution in [3.63, 3.8) is 0 Å². The summed E-state index contributed by atoms with van der Waals surface area (Å²) in [6.45, 7) is 8.22. The summed E-state index contributed by atoms with van der Waals surface area (Å²) in [6.07, 6.45) is -8.95. The van der Waals surface area contributed by atoms with Crippen LogP contribution in [0.3, 0.4) is 0 Å². The van der Waals surface area contributed by atoms with Crippen molar-refractivity contribution in [2.75, 3.05) is 26.7 Å². The van der Waals surface area contributed by atoms with Gasteiger partial charge in [-0.25, -0.2) is 0 Å². The molecular weight excluding hydrogens is 452 g/mol. The second-order valence-electron chi connectivity index (χ2n) is 8.99. The molecule has 1 rings (SSSR count). The Labute approximate surface area is 189 Å². The first-order chi connectivity index (χ1) is 14.9. The van der Waals surface area contributed by atoms with Gasteiger partial charge in [0.05, 0.1) is 17.7 Å². The molecule has 0 aromatic heterocycles. The highest BCUT2D eigenvalue weighted by Gasteiger charge is 2.37. The topological polar surface area (TPSA) is 61.4 Å². The largest absolute Gasteiger partial charge is 0.416 e. The van der Waals surface area contributed by atoms with Gasteiger partial charge in [0.25, 0.3) is 5.91 Å². The molecule has 5 nitrogen and oxygen atoms in total. The Morgan fingerprint density at radius 3 is 1.91 bits per heavy atom. The third-order valence-corrected chi connectivity index (χ3v) is 5.05. The van der Waals surface area contributed by atoms with E-state index in [0.717, 1.165) is 0 Å². The maximum atomic E-state index is 13.0. The maximum Gasteiger partial charge on any atom is 0.416 e. The summed E-state index contributed by atoms with van der Waals surface area (Å²) < 4.78 is 78.0. The van der Waals surface area contributed by atoms with Crippen molar-refractivity contribution in [2.45, 2.75) is 58.4 Å². The number of carbonyl (C=O) groups is 2. The molecule has 1 aromatic carbocycles. The molecule has 1 unspecified atom stereocenters. The molecule has 2 N–H and O–H groups in total. The van der Waals surface area contributed by atoms with Crippen LogP contribution in [0.1, 0.15) is 62.0 Å². The number of halogens is 6. The number of hydrogen-bond donors (Lipinski definition) is 2. The van der Waals surface area contributed by atoms with Gasteiger partial charge in [-0.3, -0.25) is 9.59 Å². The lowest BCUT2D eigenvalue weighted by Gasteiger charge is -2.25. The average molecular weight is 483 g/mol. The number of hydrogen-bond acceptors (Lipinski definition) is 3. The molecule has 2 amide bonds. The van der Waals surface area contributed by atoms with Gasteiger partial charge in [0.1, 0.15) is 0 Å². The number of alkyl halides is 6. The average Bonchev–Trinajstić information content (AvgIpc) is 2.69. The molecule has 0 saturated heterocycles. The highest BCUT2D eigenvalue weighted by atomic mass is 19.4. The fourth-order valence-electron chi connectivity index (χ4n) is 2.85. The minimum Gasteiger partial charge on any atom is -0.352 e. The molecule has 1 atom stereocenters. The molecule has 0 spiro atoms. The first-order valence-corrected chi connectivity index (χ1v) is 10.5. The van der Waals surface area contributed by atoms with E-state index in [2.05, 4.69) is 10.6 Å². The zero-order valence-electron chi connectivity index (χ0n) is 19.4. The fraction of sp³-hybridized carbons (Fsp3) is 0.636. The Balaban J connectivity index is 2.77. The fourth-order valence-corrected chi connectivity index (χ4v) is 2.85. The van der Waals surface area contributed by atoms with Crippen LogP contribution in [0.4, 0.5) is 26.3 Å². The SMILES string of the molecule is CCC(CCN(C)C(=O)CNC(C)(C)C)CNC(=O)c1cc(C(F)(F)F)cc(C(F)(F)F)c1. The molecule has 0 aliphatic heterocycles. The minimum absolute atomic E-state index is 0.0208. The Bertz CT molecular complexity index is 784. The van der Waals surface area contributed by atoms with Crippen molar-refractivity contribution in [1.29, 1.82) is 0 Å². The lowest BCUT2D eigenvalue weighted by molar-refractivity contribution is -0.143. The summed E-state index contributed by atoms with van der Waals surface area (Å²) in [5.41, 5.74) is -4.02. The molecule has 33 heavy (non-hydrogen) atoms. The van der Waals surface area contributed by atoms with Gasteiger partial charge < -0.3 is 15.5 Å². The number of rotatable bonds is 9. The highest BCUT2D eigenvalue weighted by molar-refractivity contribution is 5.94. The predicted octanol–water partition coefficient (Wildman–Crippen LogP) is 4.72. The van der Waals surface area contributed by atoms with Crippen molar-refractivity contribution < 1.29 is 35.9 Å². The summed E-state index contributed by atoms with van der Waals surface area (Å²) in [7, 11) is 1.64. The lowest BCUT2D eigenvalue weighted by atomic mass is 10.0. The number of carbonyl (C=O) groups excluding carboxylic acids is 2. The summed E-state index contributed by atoms with van der Waals surface area (Å²) in [4.78, 5) is 26.0. The van der Waals surface area contributed by atoms with Crippen molar-refractivity contribution in [3.05, 3.63) is 34.9 Å². The smallest absolute Gasteiger partial charge is 0.352 e. The normalized spacial score (nSPS) is 13.5. The van der Waals surface area contributed by atoms with Gasteiger partial charge in [-0.05, 0) is 51.3 Å². The summed E-state index contributed by atoms with van der Waals surface area (Å²) in [5, 5.41) is 5.50. The first-order valence-electron chi connectivity index (χ1n) is 10.5. The Hall–Kier alpha value is -2.30. The number of likely N-dealkylation sites (N-methyl/N-ethyl adjacent to an activating group) is 1. The van der Waals surface area contributed by atoms with E-state index < -0.39 is 35.0 Å². The van der Waals surface area contributed by atoms with E-state index in [1.165, 1.54) is 4.90 Å². The van der Waals surface area contributed by atoms with Crippen molar-refractivity contribution in [1.82, 2.24) is 15.5 Å². The van der Waals surface area contributed by atoms with Crippen molar-refractivity contribution in [2.24, 2.45) is 5.92 Å². The zero-order valence-corrected chi connectivity index (χ0v) is 19.4. The van der Waals surface area contributed by atoms with E-state index in [1.807, 2.05) is 27.7 Å². The van der Waals surface area contributed by atoms with Crippen molar-refractivity contribution in [3.8, 4) is 0 Å². The standard InChI is InChI=1S/C22H31F6N3O2/c1-6-14(7-8-31(5)18(32)13-30-20(2,3)4)12-29-19(33)15-9-16(21(23,24)25)11-17(10-15)22(26,27)28/h9-11,14,30H,6-8,12-13H2,1-5H3,(H,29,33). The second kappa shape index (κ2) is 11.2. The zero-order chi connectivity index (χ0) is 25.6. The summed E-state index contributed by atoms with van der Waals surface area (Å²) in [5.74, 6) is -1.26. The van der Waals surface area contributed by atoms with E-state index in [0.29, 0.717) is 31.5 Å². The number of nitrogens with one attached hydrogen (secondary N) is 2. The first kappa shape index (κ1) is 28.7. The van der Waals surface area contributed by atoms with E-state index in [1.54, 1.807) is 7.05 Å². The van der Waals surface area contributed by atoms with Crippen LogP contribution in [0.25, 0.3) is 0 Å². The van der Waals surface area contributed by atoms with E-state index in [9.17, 15) is 35.9 Å². The molecule has 0 aliphatic rings. The molecular formula is C22H31F6N3O2. The van der Waals surface area contributed by atoms with Gasteiger partial charge in [0.15, 0.2) is 0 Å². The number of benzene rings is 1.